The molecule has 0 amide bonds. The van der Waals surface area contributed by atoms with E-state index in [0.29, 0.717) is 11.1 Å². The minimum absolute atomic E-state index is 0.192. The molecular formula is C15H20BrFO. The Morgan fingerprint density at radius 1 is 1.28 bits per heavy atom. The van der Waals surface area contributed by atoms with E-state index >= 15 is 0 Å². The smallest absolute Gasteiger partial charge is 0.165 e. The second-order valence-electron chi connectivity index (χ2n) is 5.07. The first-order valence-electron chi connectivity index (χ1n) is 6.74. The molecular weight excluding hydrogens is 295 g/mol. The lowest BCUT2D eigenvalue weighted by atomic mass is 9.86. The lowest BCUT2D eigenvalue weighted by Crippen LogP contribution is -2.24. The Balaban J connectivity index is 1.94. The summed E-state index contributed by atoms with van der Waals surface area (Å²) in [6.45, 7) is 2.24. The van der Waals surface area contributed by atoms with E-state index in [-0.39, 0.29) is 11.9 Å². The van der Waals surface area contributed by atoms with Gasteiger partial charge in [0.15, 0.2) is 11.6 Å². The Morgan fingerprint density at radius 2 is 2.00 bits per heavy atom. The lowest BCUT2D eigenvalue weighted by Gasteiger charge is -2.28. The van der Waals surface area contributed by atoms with Crippen LogP contribution < -0.4 is 4.74 Å². The van der Waals surface area contributed by atoms with Crippen LogP contribution in [-0.2, 0) is 5.33 Å². The van der Waals surface area contributed by atoms with Crippen LogP contribution in [0.1, 0.15) is 44.6 Å². The summed E-state index contributed by atoms with van der Waals surface area (Å²) >= 11 is 3.32. The number of benzene rings is 1. The molecule has 1 aliphatic carbocycles. The highest BCUT2D eigenvalue weighted by molar-refractivity contribution is 9.08. The van der Waals surface area contributed by atoms with Gasteiger partial charge >= 0.3 is 0 Å². The molecule has 0 aliphatic heterocycles. The fourth-order valence-electron chi connectivity index (χ4n) is 2.56. The first-order valence-corrected chi connectivity index (χ1v) is 7.86. The van der Waals surface area contributed by atoms with Gasteiger partial charge in [0.25, 0.3) is 0 Å². The largest absolute Gasteiger partial charge is 0.487 e. The standard InChI is InChI=1S/C15H20BrFO/c1-2-11-3-6-13(7-4-11)18-15-8-5-12(10-16)9-14(15)17/h5,8-9,11,13H,2-4,6-7,10H2,1H3. The van der Waals surface area contributed by atoms with E-state index in [4.69, 9.17) is 4.74 Å². The molecule has 18 heavy (non-hydrogen) atoms. The summed E-state index contributed by atoms with van der Waals surface area (Å²) < 4.78 is 19.6. The van der Waals surface area contributed by atoms with E-state index in [1.807, 2.05) is 6.07 Å². The third-order valence-corrected chi connectivity index (χ3v) is 4.46. The van der Waals surface area contributed by atoms with Crippen molar-refractivity contribution in [1.82, 2.24) is 0 Å². The summed E-state index contributed by atoms with van der Waals surface area (Å²) in [6.07, 6.45) is 5.97. The first-order chi connectivity index (χ1) is 8.72. The molecule has 1 aromatic rings. The molecule has 0 aromatic heterocycles. The molecule has 3 heteroatoms. The maximum Gasteiger partial charge on any atom is 0.165 e. The Labute approximate surface area is 117 Å². The van der Waals surface area contributed by atoms with E-state index in [2.05, 4.69) is 22.9 Å². The number of ether oxygens (including phenoxy) is 1. The van der Waals surface area contributed by atoms with Crippen molar-refractivity contribution in [3.05, 3.63) is 29.6 Å². The molecule has 0 atom stereocenters. The number of hydrogen-bond acceptors (Lipinski definition) is 1. The maximum atomic E-state index is 13.8. The molecule has 0 spiro atoms. The molecule has 1 aliphatic rings. The SMILES string of the molecule is CCC1CCC(Oc2ccc(CBr)cc2F)CC1. The van der Waals surface area contributed by atoms with Gasteiger partial charge in [0.1, 0.15) is 0 Å². The maximum absolute atomic E-state index is 13.8. The van der Waals surface area contributed by atoms with Crippen LogP contribution in [0.15, 0.2) is 18.2 Å². The quantitative estimate of drug-likeness (QED) is 0.705. The molecule has 2 rings (SSSR count). The van der Waals surface area contributed by atoms with E-state index in [1.54, 1.807) is 12.1 Å². The number of hydrogen-bond donors (Lipinski definition) is 0. The Morgan fingerprint density at radius 3 is 2.56 bits per heavy atom. The monoisotopic (exact) mass is 314 g/mol. The third kappa shape index (κ3) is 3.47. The van der Waals surface area contributed by atoms with E-state index in [0.717, 1.165) is 24.3 Å². The Hall–Kier alpha value is -0.570. The lowest BCUT2D eigenvalue weighted by molar-refractivity contribution is 0.125. The van der Waals surface area contributed by atoms with Crippen LogP contribution in [0.25, 0.3) is 0 Å². The summed E-state index contributed by atoms with van der Waals surface area (Å²) in [5, 5.41) is 0.672. The van der Waals surface area contributed by atoms with Gasteiger partial charge in [0, 0.05) is 5.33 Å². The van der Waals surface area contributed by atoms with Crippen molar-refractivity contribution in [1.29, 1.82) is 0 Å². The molecule has 1 nitrogen and oxygen atoms in total. The highest BCUT2D eigenvalue weighted by Crippen LogP contribution is 2.30. The highest BCUT2D eigenvalue weighted by atomic mass is 79.9. The Kier molecular flexibility index (Phi) is 5.04. The fraction of sp³-hybridized carbons (Fsp3) is 0.600. The van der Waals surface area contributed by atoms with Crippen molar-refractivity contribution in [2.75, 3.05) is 0 Å². The highest BCUT2D eigenvalue weighted by Gasteiger charge is 2.22. The molecule has 0 heterocycles. The van der Waals surface area contributed by atoms with Crippen LogP contribution in [0.5, 0.6) is 5.75 Å². The normalized spacial score (nSPS) is 23.9. The third-order valence-electron chi connectivity index (χ3n) is 3.82. The molecule has 1 aromatic carbocycles. The van der Waals surface area contributed by atoms with Gasteiger partial charge in [-0.05, 0) is 49.3 Å². The average Bonchev–Trinajstić information content (AvgIpc) is 2.42. The minimum Gasteiger partial charge on any atom is -0.487 e. The Bertz CT molecular complexity index is 386. The number of alkyl halides is 1. The summed E-state index contributed by atoms with van der Waals surface area (Å²) in [5.74, 6) is 0.995. The topological polar surface area (TPSA) is 9.23 Å². The second-order valence-corrected chi connectivity index (χ2v) is 5.63. The van der Waals surface area contributed by atoms with E-state index in [1.165, 1.54) is 19.3 Å². The van der Waals surface area contributed by atoms with Crippen LogP contribution in [0.2, 0.25) is 0 Å². The zero-order valence-corrected chi connectivity index (χ0v) is 12.4. The van der Waals surface area contributed by atoms with Crippen molar-refractivity contribution in [2.45, 2.75) is 50.5 Å². The summed E-state index contributed by atoms with van der Waals surface area (Å²) in [4.78, 5) is 0. The second kappa shape index (κ2) is 6.55. The minimum atomic E-state index is -0.246. The van der Waals surface area contributed by atoms with Gasteiger partial charge in [0.2, 0.25) is 0 Å². The van der Waals surface area contributed by atoms with Crippen molar-refractivity contribution < 1.29 is 9.13 Å². The van der Waals surface area contributed by atoms with Crippen molar-refractivity contribution >= 4 is 15.9 Å². The van der Waals surface area contributed by atoms with Gasteiger partial charge in [0.05, 0.1) is 6.10 Å². The van der Waals surface area contributed by atoms with Crippen molar-refractivity contribution in [3.63, 3.8) is 0 Å². The van der Waals surface area contributed by atoms with Crippen LogP contribution in [0.3, 0.4) is 0 Å². The molecule has 100 valence electrons. The zero-order chi connectivity index (χ0) is 13.0. The molecule has 0 bridgehead atoms. The predicted octanol–water partition coefficient (Wildman–Crippen LogP) is 5.07. The van der Waals surface area contributed by atoms with Gasteiger partial charge in [-0.15, -0.1) is 0 Å². The molecule has 1 saturated carbocycles. The van der Waals surface area contributed by atoms with Crippen LogP contribution >= 0.6 is 15.9 Å². The average molecular weight is 315 g/mol. The summed E-state index contributed by atoms with van der Waals surface area (Å²) in [7, 11) is 0. The van der Waals surface area contributed by atoms with E-state index in [9.17, 15) is 4.39 Å². The number of halogens is 2. The molecule has 0 saturated heterocycles. The van der Waals surface area contributed by atoms with Crippen LogP contribution in [0.4, 0.5) is 4.39 Å². The van der Waals surface area contributed by atoms with Crippen molar-refractivity contribution in [2.24, 2.45) is 5.92 Å². The summed E-state index contributed by atoms with van der Waals surface area (Å²) in [6, 6.07) is 5.20. The van der Waals surface area contributed by atoms with Gasteiger partial charge < -0.3 is 4.74 Å². The van der Waals surface area contributed by atoms with Gasteiger partial charge in [-0.3, -0.25) is 0 Å². The van der Waals surface area contributed by atoms with E-state index < -0.39 is 0 Å². The first kappa shape index (κ1) is 13.9. The fourth-order valence-corrected chi connectivity index (χ4v) is 2.91. The molecule has 0 radical (unpaired) electrons. The van der Waals surface area contributed by atoms with Gasteiger partial charge in [-0.1, -0.05) is 35.3 Å². The van der Waals surface area contributed by atoms with Gasteiger partial charge in [-0.25, -0.2) is 4.39 Å². The van der Waals surface area contributed by atoms with Crippen LogP contribution in [-0.4, -0.2) is 6.10 Å². The molecule has 1 fully saturated rings. The predicted molar refractivity (Wildman–Crippen MR) is 75.7 cm³/mol. The van der Waals surface area contributed by atoms with Crippen molar-refractivity contribution in [3.8, 4) is 5.75 Å². The molecule has 0 N–H and O–H groups in total. The van der Waals surface area contributed by atoms with Crippen LogP contribution in [0, 0.1) is 11.7 Å². The van der Waals surface area contributed by atoms with Gasteiger partial charge in [-0.2, -0.15) is 0 Å². The zero-order valence-electron chi connectivity index (χ0n) is 10.8. The molecule has 0 unspecified atom stereocenters. The summed E-state index contributed by atoms with van der Waals surface area (Å²) in [5.41, 5.74) is 0.939. The number of rotatable bonds is 4.